The van der Waals surface area contributed by atoms with Gasteiger partial charge in [0.05, 0.1) is 12.4 Å². The highest BCUT2D eigenvalue weighted by atomic mass is 32.2. The van der Waals surface area contributed by atoms with E-state index in [4.69, 9.17) is 4.74 Å². The molecule has 1 aromatic heterocycles. The van der Waals surface area contributed by atoms with E-state index in [0.717, 1.165) is 48.2 Å². The third-order valence-electron chi connectivity index (χ3n) is 6.60. The zero-order valence-corrected chi connectivity index (χ0v) is 21.4. The second-order valence-corrected chi connectivity index (χ2v) is 10.3. The molecule has 0 saturated heterocycles. The molecule has 0 N–H and O–H groups in total. The van der Waals surface area contributed by atoms with Crippen LogP contribution in [0, 0.1) is 0 Å². The summed E-state index contributed by atoms with van der Waals surface area (Å²) >= 11 is 1.49. The van der Waals surface area contributed by atoms with E-state index in [-0.39, 0.29) is 11.2 Å². The lowest BCUT2D eigenvalue weighted by atomic mass is 10.00. The molecule has 2 heterocycles. The van der Waals surface area contributed by atoms with Gasteiger partial charge in [-0.15, -0.1) is 10.2 Å². The monoisotopic (exact) mass is 498 g/mol. The summed E-state index contributed by atoms with van der Waals surface area (Å²) in [5, 5.41) is 9.55. The number of carbonyl (C=O) groups is 1. The minimum atomic E-state index is -0.265. The average Bonchev–Trinajstić information content (AvgIpc) is 3.33. The van der Waals surface area contributed by atoms with Crippen molar-refractivity contribution in [1.82, 2.24) is 19.7 Å². The van der Waals surface area contributed by atoms with Crippen LogP contribution >= 0.6 is 11.8 Å². The van der Waals surface area contributed by atoms with Gasteiger partial charge in [0, 0.05) is 25.2 Å². The Kier molecular flexibility index (Phi) is 7.37. The molecule has 184 valence electrons. The molecule has 0 radical (unpaired) electrons. The van der Waals surface area contributed by atoms with Crippen LogP contribution in [-0.2, 0) is 30.7 Å². The SMILES string of the molecule is COc1ccc(-c2nnc(SC(C)C(=O)N3CCc4ccccc4C3)n2CCc2ccccc2)cc1. The van der Waals surface area contributed by atoms with Gasteiger partial charge in [-0.1, -0.05) is 66.4 Å². The maximum Gasteiger partial charge on any atom is 0.236 e. The maximum absolute atomic E-state index is 13.4. The predicted molar refractivity (Wildman–Crippen MR) is 143 cm³/mol. The first-order chi connectivity index (χ1) is 17.6. The highest BCUT2D eigenvalue weighted by molar-refractivity contribution is 8.00. The van der Waals surface area contributed by atoms with Crippen LogP contribution in [0.15, 0.2) is 84.0 Å². The third-order valence-corrected chi connectivity index (χ3v) is 7.67. The van der Waals surface area contributed by atoms with Gasteiger partial charge < -0.3 is 14.2 Å². The quantitative estimate of drug-likeness (QED) is 0.310. The standard InChI is InChI=1S/C29H30N4O2S/c1-21(28(34)32-18-17-23-10-6-7-11-25(23)20-32)36-29-31-30-27(24-12-14-26(35-2)15-13-24)33(29)19-16-22-8-4-3-5-9-22/h3-15,21H,16-20H2,1-2H3. The van der Waals surface area contributed by atoms with Crippen molar-refractivity contribution < 1.29 is 9.53 Å². The van der Waals surface area contributed by atoms with Crippen LogP contribution in [0.3, 0.4) is 0 Å². The first-order valence-electron chi connectivity index (χ1n) is 12.3. The summed E-state index contributed by atoms with van der Waals surface area (Å²) in [6.45, 7) is 4.10. The van der Waals surface area contributed by atoms with Crippen LogP contribution in [0.4, 0.5) is 0 Å². The van der Waals surface area contributed by atoms with Gasteiger partial charge in [-0.25, -0.2) is 0 Å². The predicted octanol–water partition coefficient (Wildman–Crippen LogP) is 5.26. The molecule has 1 atom stereocenters. The summed E-state index contributed by atoms with van der Waals surface area (Å²) in [4.78, 5) is 15.4. The molecule has 0 fully saturated rings. The number of methoxy groups -OCH3 is 1. The van der Waals surface area contributed by atoms with Crippen LogP contribution in [0.25, 0.3) is 11.4 Å². The van der Waals surface area contributed by atoms with Gasteiger partial charge in [0.25, 0.3) is 0 Å². The summed E-state index contributed by atoms with van der Waals surface area (Å²) in [5.74, 6) is 1.73. The van der Waals surface area contributed by atoms with Crippen molar-refractivity contribution in [1.29, 1.82) is 0 Å². The molecule has 1 unspecified atom stereocenters. The number of thioether (sulfide) groups is 1. The molecule has 6 nitrogen and oxygen atoms in total. The van der Waals surface area contributed by atoms with E-state index >= 15 is 0 Å². The van der Waals surface area contributed by atoms with E-state index in [9.17, 15) is 4.79 Å². The number of fused-ring (bicyclic) bond motifs is 1. The number of ether oxygens (including phenoxy) is 1. The largest absolute Gasteiger partial charge is 0.497 e. The molecule has 3 aromatic carbocycles. The topological polar surface area (TPSA) is 60.3 Å². The smallest absolute Gasteiger partial charge is 0.236 e. The molecule has 7 heteroatoms. The molecule has 4 aromatic rings. The molecule has 1 aliphatic heterocycles. The Bertz CT molecular complexity index is 1320. The van der Waals surface area contributed by atoms with E-state index in [1.54, 1.807) is 7.11 Å². The van der Waals surface area contributed by atoms with Crippen LogP contribution < -0.4 is 4.74 Å². The number of hydrogen-bond acceptors (Lipinski definition) is 5. The lowest BCUT2D eigenvalue weighted by molar-refractivity contribution is -0.131. The van der Waals surface area contributed by atoms with Gasteiger partial charge in [0.1, 0.15) is 5.75 Å². The van der Waals surface area contributed by atoms with Crippen molar-refractivity contribution in [3.63, 3.8) is 0 Å². The summed E-state index contributed by atoms with van der Waals surface area (Å²) in [5.41, 5.74) is 4.79. The van der Waals surface area contributed by atoms with Crippen molar-refractivity contribution in [3.8, 4) is 17.1 Å². The Morgan fingerprint density at radius 3 is 2.44 bits per heavy atom. The van der Waals surface area contributed by atoms with E-state index in [2.05, 4.69) is 57.2 Å². The van der Waals surface area contributed by atoms with Crippen LogP contribution in [0.1, 0.15) is 23.6 Å². The van der Waals surface area contributed by atoms with Crippen molar-refractivity contribution in [3.05, 3.63) is 95.6 Å². The van der Waals surface area contributed by atoms with Gasteiger partial charge in [0.15, 0.2) is 11.0 Å². The molecule has 0 saturated carbocycles. The number of nitrogens with zero attached hydrogens (tertiary/aromatic N) is 4. The molecule has 1 aliphatic rings. The zero-order valence-electron chi connectivity index (χ0n) is 20.6. The van der Waals surface area contributed by atoms with Crippen LogP contribution in [0.2, 0.25) is 0 Å². The minimum Gasteiger partial charge on any atom is -0.497 e. The second-order valence-electron chi connectivity index (χ2n) is 8.96. The molecule has 0 aliphatic carbocycles. The Morgan fingerprint density at radius 1 is 0.972 bits per heavy atom. The van der Waals surface area contributed by atoms with Gasteiger partial charge in [-0.05, 0) is 60.7 Å². The number of hydrogen-bond donors (Lipinski definition) is 0. The molecule has 0 bridgehead atoms. The van der Waals surface area contributed by atoms with Crippen molar-refractivity contribution in [2.45, 2.75) is 43.3 Å². The molecular weight excluding hydrogens is 468 g/mol. The van der Waals surface area contributed by atoms with E-state index in [1.165, 1.54) is 28.5 Å². The summed E-state index contributed by atoms with van der Waals surface area (Å²) in [6, 6.07) is 26.6. The highest BCUT2D eigenvalue weighted by Gasteiger charge is 2.27. The number of carbonyl (C=O) groups excluding carboxylic acids is 1. The minimum absolute atomic E-state index is 0.137. The van der Waals surface area contributed by atoms with Crippen molar-refractivity contribution in [2.75, 3.05) is 13.7 Å². The van der Waals surface area contributed by atoms with E-state index in [1.807, 2.05) is 48.2 Å². The Balaban J connectivity index is 1.36. The number of benzene rings is 3. The molecule has 5 rings (SSSR count). The van der Waals surface area contributed by atoms with Gasteiger partial charge in [-0.3, -0.25) is 4.79 Å². The Hall–Kier alpha value is -3.58. The lowest BCUT2D eigenvalue weighted by Gasteiger charge is -2.30. The Labute approximate surface area is 216 Å². The van der Waals surface area contributed by atoms with Crippen molar-refractivity contribution in [2.24, 2.45) is 0 Å². The fourth-order valence-corrected chi connectivity index (χ4v) is 5.53. The highest BCUT2D eigenvalue weighted by Crippen LogP contribution is 2.30. The van der Waals surface area contributed by atoms with Gasteiger partial charge in [0.2, 0.25) is 5.91 Å². The summed E-state index contributed by atoms with van der Waals surface area (Å²) in [6.07, 6.45) is 1.75. The van der Waals surface area contributed by atoms with Crippen LogP contribution in [0.5, 0.6) is 5.75 Å². The third kappa shape index (κ3) is 5.31. The summed E-state index contributed by atoms with van der Waals surface area (Å²) in [7, 11) is 1.66. The number of amides is 1. The molecule has 36 heavy (non-hydrogen) atoms. The number of aromatic nitrogens is 3. The summed E-state index contributed by atoms with van der Waals surface area (Å²) < 4.78 is 7.45. The Morgan fingerprint density at radius 2 is 1.69 bits per heavy atom. The normalized spacial score (nSPS) is 13.8. The first-order valence-corrected chi connectivity index (χ1v) is 13.1. The average molecular weight is 499 g/mol. The maximum atomic E-state index is 13.4. The fraction of sp³-hybridized carbons (Fsp3) is 0.276. The lowest BCUT2D eigenvalue weighted by Crippen LogP contribution is -2.40. The fourth-order valence-electron chi connectivity index (χ4n) is 4.57. The van der Waals surface area contributed by atoms with Gasteiger partial charge >= 0.3 is 0 Å². The van der Waals surface area contributed by atoms with E-state index in [0.29, 0.717) is 6.54 Å². The molecule has 0 spiro atoms. The van der Waals surface area contributed by atoms with E-state index < -0.39 is 0 Å². The number of rotatable bonds is 8. The molecular formula is C29H30N4O2S. The molecule has 1 amide bonds. The van der Waals surface area contributed by atoms with Crippen molar-refractivity contribution >= 4 is 17.7 Å². The van der Waals surface area contributed by atoms with Crippen LogP contribution in [-0.4, -0.2) is 44.5 Å². The second kappa shape index (κ2) is 11.0. The first kappa shape index (κ1) is 24.1. The van der Waals surface area contributed by atoms with Gasteiger partial charge in [-0.2, -0.15) is 0 Å². The number of aryl methyl sites for hydroxylation is 1. The zero-order chi connectivity index (χ0) is 24.9.